The molecule has 1 saturated heterocycles. The SMILES string of the molecule is CCOC(=O)NC1CCCN(Cc2nnc(OCC)s2)C1. The minimum atomic E-state index is -0.334. The largest absolute Gasteiger partial charge is 0.469 e. The van der Waals surface area contributed by atoms with Crippen molar-refractivity contribution in [2.75, 3.05) is 26.3 Å². The fraction of sp³-hybridized carbons (Fsp3) is 0.769. The lowest BCUT2D eigenvalue weighted by molar-refractivity contribution is 0.132. The van der Waals surface area contributed by atoms with Gasteiger partial charge in [-0.1, -0.05) is 11.3 Å². The first-order valence-electron chi connectivity index (χ1n) is 7.32. The van der Waals surface area contributed by atoms with Crippen molar-refractivity contribution < 1.29 is 14.3 Å². The second kappa shape index (κ2) is 8.14. The number of nitrogens with zero attached hydrogens (tertiary/aromatic N) is 3. The number of rotatable bonds is 6. The molecule has 0 aliphatic carbocycles. The van der Waals surface area contributed by atoms with Crippen LogP contribution in [0.3, 0.4) is 0 Å². The third-order valence-corrected chi connectivity index (χ3v) is 4.00. The van der Waals surface area contributed by atoms with Crippen LogP contribution in [0.25, 0.3) is 0 Å². The monoisotopic (exact) mass is 314 g/mol. The topological polar surface area (TPSA) is 76.6 Å². The molecule has 1 amide bonds. The average Bonchev–Trinajstić information content (AvgIpc) is 2.87. The molecule has 1 fully saturated rings. The smallest absolute Gasteiger partial charge is 0.407 e. The van der Waals surface area contributed by atoms with E-state index in [4.69, 9.17) is 9.47 Å². The molecule has 1 N–H and O–H groups in total. The number of piperidine rings is 1. The third-order valence-electron chi connectivity index (χ3n) is 3.18. The first kappa shape index (κ1) is 16.0. The van der Waals surface area contributed by atoms with Crippen molar-refractivity contribution >= 4 is 17.4 Å². The van der Waals surface area contributed by atoms with Gasteiger partial charge in [0, 0.05) is 12.6 Å². The highest BCUT2D eigenvalue weighted by Gasteiger charge is 2.22. The van der Waals surface area contributed by atoms with Gasteiger partial charge >= 0.3 is 6.09 Å². The molecule has 118 valence electrons. The van der Waals surface area contributed by atoms with E-state index in [2.05, 4.69) is 20.4 Å². The molecule has 2 heterocycles. The van der Waals surface area contributed by atoms with Crippen molar-refractivity contribution in [1.82, 2.24) is 20.4 Å². The number of carbonyl (C=O) groups excluding carboxylic acids is 1. The zero-order valence-corrected chi connectivity index (χ0v) is 13.3. The van der Waals surface area contributed by atoms with Crippen LogP contribution in [0.2, 0.25) is 0 Å². The molecular weight excluding hydrogens is 292 g/mol. The van der Waals surface area contributed by atoms with Crippen LogP contribution in [-0.4, -0.2) is 53.5 Å². The summed E-state index contributed by atoms with van der Waals surface area (Å²) in [6, 6.07) is 0.136. The van der Waals surface area contributed by atoms with Crippen molar-refractivity contribution in [3.63, 3.8) is 0 Å². The van der Waals surface area contributed by atoms with E-state index >= 15 is 0 Å². The van der Waals surface area contributed by atoms with Crippen LogP contribution in [-0.2, 0) is 11.3 Å². The first-order valence-corrected chi connectivity index (χ1v) is 8.13. The van der Waals surface area contributed by atoms with Gasteiger partial charge in [-0.15, -0.1) is 10.2 Å². The van der Waals surface area contributed by atoms with E-state index in [1.54, 1.807) is 6.92 Å². The molecule has 2 rings (SSSR count). The van der Waals surface area contributed by atoms with Gasteiger partial charge in [-0.25, -0.2) is 4.79 Å². The highest BCUT2D eigenvalue weighted by atomic mass is 32.1. The van der Waals surface area contributed by atoms with Gasteiger partial charge in [0.25, 0.3) is 5.19 Å². The minimum absolute atomic E-state index is 0.136. The Bertz CT molecular complexity index is 454. The van der Waals surface area contributed by atoms with E-state index in [1.807, 2.05) is 6.92 Å². The molecule has 1 aliphatic heterocycles. The molecule has 0 bridgehead atoms. The van der Waals surface area contributed by atoms with E-state index in [1.165, 1.54) is 11.3 Å². The number of hydrogen-bond acceptors (Lipinski definition) is 7. The summed E-state index contributed by atoms with van der Waals surface area (Å²) >= 11 is 1.48. The summed E-state index contributed by atoms with van der Waals surface area (Å²) in [5.41, 5.74) is 0. The quantitative estimate of drug-likeness (QED) is 0.860. The maximum Gasteiger partial charge on any atom is 0.407 e. The number of alkyl carbamates (subject to hydrolysis) is 1. The second-order valence-electron chi connectivity index (χ2n) is 4.83. The molecule has 1 aromatic heterocycles. The van der Waals surface area contributed by atoms with Crippen LogP contribution in [0.1, 0.15) is 31.7 Å². The zero-order chi connectivity index (χ0) is 15.1. The number of nitrogens with one attached hydrogen (secondary N) is 1. The van der Waals surface area contributed by atoms with Gasteiger partial charge in [0.2, 0.25) is 0 Å². The van der Waals surface area contributed by atoms with Crippen molar-refractivity contribution in [3.05, 3.63) is 5.01 Å². The number of aromatic nitrogens is 2. The highest BCUT2D eigenvalue weighted by Crippen LogP contribution is 2.21. The summed E-state index contributed by atoms with van der Waals surface area (Å²) < 4.78 is 10.3. The van der Waals surface area contributed by atoms with Gasteiger partial charge in [0.15, 0.2) is 0 Å². The Balaban J connectivity index is 1.81. The molecule has 7 nitrogen and oxygen atoms in total. The molecule has 0 spiro atoms. The zero-order valence-electron chi connectivity index (χ0n) is 12.5. The van der Waals surface area contributed by atoms with Crippen molar-refractivity contribution in [1.29, 1.82) is 0 Å². The predicted octanol–water partition coefficient (Wildman–Crippen LogP) is 1.65. The van der Waals surface area contributed by atoms with Gasteiger partial charge in [0.05, 0.1) is 19.8 Å². The maximum atomic E-state index is 11.5. The fourth-order valence-electron chi connectivity index (χ4n) is 2.33. The summed E-state index contributed by atoms with van der Waals surface area (Å²) in [6.45, 7) is 7.28. The van der Waals surface area contributed by atoms with Crippen LogP contribution >= 0.6 is 11.3 Å². The normalized spacial score (nSPS) is 19.2. The summed E-state index contributed by atoms with van der Waals surface area (Å²) in [4.78, 5) is 13.7. The van der Waals surface area contributed by atoms with Gasteiger partial charge in [-0.2, -0.15) is 0 Å². The Morgan fingerprint density at radius 3 is 3.05 bits per heavy atom. The lowest BCUT2D eigenvalue weighted by atomic mass is 10.1. The van der Waals surface area contributed by atoms with E-state index in [0.717, 1.165) is 37.5 Å². The number of carbonyl (C=O) groups is 1. The number of ether oxygens (including phenoxy) is 2. The Morgan fingerprint density at radius 2 is 2.29 bits per heavy atom. The molecule has 1 unspecified atom stereocenters. The standard InChI is InChI=1S/C13H22N4O3S/c1-3-19-12(18)14-10-6-5-7-17(8-10)9-11-15-16-13(21-11)20-4-2/h10H,3-9H2,1-2H3,(H,14,18). The fourth-order valence-corrected chi connectivity index (χ4v) is 3.12. The van der Waals surface area contributed by atoms with Crippen LogP contribution < -0.4 is 10.1 Å². The molecule has 21 heavy (non-hydrogen) atoms. The molecule has 1 aliphatic rings. The summed E-state index contributed by atoms with van der Waals surface area (Å²) in [5, 5.41) is 12.6. The van der Waals surface area contributed by atoms with Crippen LogP contribution in [0.5, 0.6) is 5.19 Å². The van der Waals surface area contributed by atoms with Crippen LogP contribution in [0.4, 0.5) is 4.79 Å². The summed E-state index contributed by atoms with van der Waals surface area (Å²) in [5.74, 6) is 0. The van der Waals surface area contributed by atoms with Crippen molar-refractivity contribution in [3.8, 4) is 5.19 Å². The van der Waals surface area contributed by atoms with E-state index in [0.29, 0.717) is 18.4 Å². The highest BCUT2D eigenvalue weighted by molar-refractivity contribution is 7.13. The van der Waals surface area contributed by atoms with E-state index < -0.39 is 0 Å². The molecule has 0 radical (unpaired) electrons. The van der Waals surface area contributed by atoms with Gasteiger partial charge in [0.1, 0.15) is 5.01 Å². The first-order chi connectivity index (χ1) is 10.2. The third kappa shape index (κ3) is 5.13. The second-order valence-corrected chi connectivity index (χ2v) is 5.86. The molecule has 1 aromatic rings. The van der Waals surface area contributed by atoms with Crippen LogP contribution in [0.15, 0.2) is 0 Å². The summed E-state index contributed by atoms with van der Waals surface area (Å²) in [7, 11) is 0. The van der Waals surface area contributed by atoms with Gasteiger partial charge < -0.3 is 14.8 Å². The van der Waals surface area contributed by atoms with Crippen molar-refractivity contribution in [2.45, 2.75) is 39.3 Å². The predicted molar refractivity (Wildman–Crippen MR) is 79.5 cm³/mol. The molecule has 0 saturated carbocycles. The van der Waals surface area contributed by atoms with Crippen molar-refractivity contribution in [2.24, 2.45) is 0 Å². The number of hydrogen-bond donors (Lipinski definition) is 1. The summed E-state index contributed by atoms with van der Waals surface area (Å²) in [6.07, 6.45) is 1.70. The Hall–Kier alpha value is -1.41. The Labute approximate surface area is 128 Å². The average molecular weight is 314 g/mol. The Morgan fingerprint density at radius 1 is 1.43 bits per heavy atom. The lowest BCUT2D eigenvalue weighted by Crippen LogP contribution is -2.47. The van der Waals surface area contributed by atoms with Gasteiger partial charge in [-0.3, -0.25) is 4.90 Å². The Kier molecular flexibility index (Phi) is 6.19. The lowest BCUT2D eigenvalue weighted by Gasteiger charge is -2.32. The minimum Gasteiger partial charge on any atom is -0.469 e. The van der Waals surface area contributed by atoms with Gasteiger partial charge in [-0.05, 0) is 33.2 Å². The van der Waals surface area contributed by atoms with Crippen LogP contribution in [0, 0.1) is 0 Å². The maximum absolute atomic E-state index is 11.5. The van der Waals surface area contributed by atoms with E-state index in [-0.39, 0.29) is 12.1 Å². The molecule has 8 heteroatoms. The molecule has 1 atom stereocenters. The number of amides is 1. The molecule has 0 aromatic carbocycles. The molecular formula is C13H22N4O3S. The van der Waals surface area contributed by atoms with E-state index in [9.17, 15) is 4.79 Å². The number of likely N-dealkylation sites (tertiary alicyclic amines) is 1.